The van der Waals surface area contributed by atoms with Gasteiger partial charge in [-0.25, -0.2) is 4.79 Å². The van der Waals surface area contributed by atoms with Gasteiger partial charge in [0.05, 0.1) is 5.54 Å². The molecule has 25 heavy (non-hydrogen) atoms. The number of nitrogens with zero attached hydrogens (tertiary/aromatic N) is 2. The zero-order chi connectivity index (χ0) is 17.9. The molecular formula is C21H32N2O2. The zero-order valence-electron chi connectivity index (χ0n) is 16.0. The quantitative estimate of drug-likeness (QED) is 0.795. The minimum absolute atomic E-state index is 0.0480. The van der Waals surface area contributed by atoms with Crippen molar-refractivity contribution in [3.8, 4) is 0 Å². The van der Waals surface area contributed by atoms with Crippen LogP contribution in [0, 0.1) is 0 Å². The number of rotatable bonds is 2. The molecule has 1 aliphatic carbocycles. The second-order valence-corrected chi connectivity index (χ2v) is 8.61. The fourth-order valence-electron chi connectivity index (χ4n) is 4.28. The highest BCUT2D eigenvalue weighted by atomic mass is 16.6. The van der Waals surface area contributed by atoms with E-state index in [1.54, 1.807) is 0 Å². The van der Waals surface area contributed by atoms with Crippen molar-refractivity contribution in [2.24, 2.45) is 0 Å². The molecule has 138 valence electrons. The second-order valence-electron chi connectivity index (χ2n) is 8.61. The third-order valence-corrected chi connectivity index (χ3v) is 5.38. The molecule has 1 aromatic carbocycles. The van der Waals surface area contributed by atoms with Crippen molar-refractivity contribution in [1.82, 2.24) is 9.80 Å². The summed E-state index contributed by atoms with van der Waals surface area (Å²) in [5.74, 6) is 0. The maximum atomic E-state index is 12.8. The largest absolute Gasteiger partial charge is 0.444 e. The maximum Gasteiger partial charge on any atom is 0.410 e. The van der Waals surface area contributed by atoms with Crippen LogP contribution in [0.25, 0.3) is 0 Å². The molecule has 1 spiro atoms. The molecule has 1 saturated heterocycles. The lowest BCUT2D eigenvalue weighted by Gasteiger charge is -2.52. The fraction of sp³-hybridized carbons (Fsp3) is 0.667. The van der Waals surface area contributed by atoms with Crippen molar-refractivity contribution in [1.29, 1.82) is 0 Å². The smallest absolute Gasteiger partial charge is 0.410 e. The van der Waals surface area contributed by atoms with Crippen molar-refractivity contribution in [2.45, 2.75) is 70.6 Å². The number of amides is 1. The second kappa shape index (κ2) is 7.36. The van der Waals surface area contributed by atoms with E-state index < -0.39 is 5.60 Å². The zero-order valence-corrected chi connectivity index (χ0v) is 16.0. The molecule has 0 aromatic heterocycles. The molecule has 4 nitrogen and oxygen atoms in total. The highest BCUT2D eigenvalue weighted by molar-refractivity contribution is 5.69. The molecule has 2 fully saturated rings. The van der Waals surface area contributed by atoms with Crippen LogP contribution in [0.15, 0.2) is 30.3 Å². The maximum absolute atomic E-state index is 12.8. The van der Waals surface area contributed by atoms with Crippen LogP contribution in [0.1, 0.15) is 58.4 Å². The van der Waals surface area contributed by atoms with Gasteiger partial charge in [0.15, 0.2) is 0 Å². The first-order valence-electron chi connectivity index (χ1n) is 9.65. The summed E-state index contributed by atoms with van der Waals surface area (Å²) in [6.07, 6.45) is 5.75. The van der Waals surface area contributed by atoms with E-state index in [2.05, 4.69) is 40.1 Å². The monoisotopic (exact) mass is 344 g/mol. The van der Waals surface area contributed by atoms with Gasteiger partial charge in [-0.3, -0.25) is 9.80 Å². The van der Waals surface area contributed by atoms with Crippen molar-refractivity contribution < 1.29 is 9.53 Å². The number of hydrogen-bond donors (Lipinski definition) is 0. The van der Waals surface area contributed by atoms with Crippen molar-refractivity contribution in [2.75, 3.05) is 19.6 Å². The highest BCUT2D eigenvalue weighted by Gasteiger charge is 2.45. The molecule has 1 aromatic rings. The topological polar surface area (TPSA) is 32.8 Å². The van der Waals surface area contributed by atoms with Gasteiger partial charge in [0.2, 0.25) is 0 Å². The predicted molar refractivity (Wildman–Crippen MR) is 100 cm³/mol. The Hall–Kier alpha value is -1.55. The van der Waals surface area contributed by atoms with Gasteiger partial charge >= 0.3 is 6.09 Å². The van der Waals surface area contributed by atoms with Crippen LogP contribution >= 0.6 is 0 Å². The summed E-state index contributed by atoms with van der Waals surface area (Å²) in [5.41, 5.74) is 0.862. The van der Waals surface area contributed by atoms with Crippen LogP contribution in [0.2, 0.25) is 0 Å². The summed E-state index contributed by atoms with van der Waals surface area (Å²) in [4.78, 5) is 17.4. The molecule has 2 aliphatic rings. The van der Waals surface area contributed by atoms with Gasteiger partial charge in [0.1, 0.15) is 5.60 Å². The van der Waals surface area contributed by atoms with E-state index in [1.165, 1.54) is 24.8 Å². The van der Waals surface area contributed by atoms with Crippen LogP contribution in [0.3, 0.4) is 0 Å². The van der Waals surface area contributed by atoms with Gasteiger partial charge in [0, 0.05) is 26.2 Å². The van der Waals surface area contributed by atoms with Crippen LogP contribution in [-0.4, -0.2) is 46.7 Å². The summed E-state index contributed by atoms with van der Waals surface area (Å²) in [5, 5.41) is 0. The number of piperazine rings is 1. The normalized spacial score (nSPS) is 21.3. The lowest BCUT2D eigenvalue weighted by molar-refractivity contribution is -0.0488. The number of hydrogen-bond acceptors (Lipinski definition) is 3. The van der Waals surface area contributed by atoms with Crippen molar-refractivity contribution in [3.63, 3.8) is 0 Å². The van der Waals surface area contributed by atoms with Crippen molar-refractivity contribution >= 4 is 6.09 Å². The molecule has 0 unspecified atom stereocenters. The van der Waals surface area contributed by atoms with Crippen molar-refractivity contribution in [3.05, 3.63) is 35.9 Å². The first-order valence-corrected chi connectivity index (χ1v) is 9.65. The first kappa shape index (κ1) is 18.2. The molecule has 1 heterocycles. The lowest BCUT2D eigenvalue weighted by Crippen LogP contribution is -2.64. The Balaban J connectivity index is 1.74. The summed E-state index contributed by atoms with van der Waals surface area (Å²) >= 11 is 0. The van der Waals surface area contributed by atoms with E-state index in [-0.39, 0.29) is 11.6 Å². The standard InChI is InChI=1S/C21H32N2O2/c1-20(2,3)25-19(24)23-15-14-22(16-18-10-6-4-7-11-18)17-21(23)12-8-5-9-13-21/h4,6-7,10-11H,5,8-9,12-17H2,1-3H3. The van der Waals surface area contributed by atoms with Gasteiger partial charge in [-0.2, -0.15) is 0 Å². The fourth-order valence-corrected chi connectivity index (χ4v) is 4.28. The molecule has 3 rings (SSSR count). The summed E-state index contributed by atoms with van der Waals surface area (Å²) in [6.45, 7) is 9.45. The number of ether oxygens (including phenoxy) is 1. The Morgan fingerprint density at radius 1 is 1.08 bits per heavy atom. The Kier molecular flexibility index (Phi) is 5.38. The molecule has 0 N–H and O–H groups in total. The van der Waals surface area contributed by atoms with Gasteiger partial charge in [0.25, 0.3) is 0 Å². The van der Waals surface area contributed by atoms with Crippen LogP contribution in [0.5, 0.6) is 0 Å². The SMILES string of the molecule is CC(C)(C)OC(=O)N1CCN(Cc2ccccc2)CC12CCCCC2. The summed E-state index contributed by atoms with van der Waals surface area (Å²) in [6, 6.07) is 10.6. The van der Waals surface area contributed by atoms with Gasteiger partial charge in [-0.05, 0) is 39.2 Å². The molecule has 1 aliphatic heterocycles. The summed E-state index contributed by atoms with van der Waals surface area (Å²) in [7, 11) is 0. The molecule has 1 amide bonds. The molecular weight excluding hydrogens is 312 g/mol. The van der Waals surface area contributed by atoms with E-state index >= 15 is 0 Å². The Morgan fingerprint density at radius 3 is 2.40 bits per heavy atom. The van der Waals surface area contributed by atoms with Gasteiger partial charge < -0.3 is 4.74 Å². The molecule has 0 bridgehead atoms. The average molecular weight is 344 g/mol. The van der Waals surface area contributed by atoms with Crippen LogP contribution in [-0.2, 0) is 11.3 Å². The summed E-state index contributed by atoms with van der Waals surface area (Å²) < 4.78 is 5.73. The molecule has 4 heteroatoms. The number of carbonyl (C=O) groups is 1. The molecule has 0 radical (unpaired) electrons. The highest BCUT2D eigenvalue weighted by Crippen LogP contribution is 2.37. The van der Waals surface area contributed by atoms with Crippen LogP contribution < -0.4 is 0 Å². The van der Waals surface area contributed by atoms with E-state index in [0.29, 0.717) is 0 Å². The minimum Gasteiger partial charge on any atom is -0.444 e. The van der Waals surface area contributed by atoms with E-state index in [0.717, 1.165) is 39.0 Å². The average Bonchev–Trinajstić information content (AvgIpc) is 2.55. The van der Waals surface area contributed by atoms with E-state index in [4.69, 9.17) is 4.74 Å². The minimum atomic E-state index is -0.436. The third kappa shape index (κ3) is 4.55. The number of carbonyl (C=O) groups excluding carboxylic acids is 1. The van der Waals surface area contributed by atoms with E-state index in [1.807, 2.05) is 20.8 Å². The Bertz CT molecular complexity index is 573. The molecule has 0 atom stereocenters. The third-order valence-electron chi connectivity index (χ3n) is 5.38. The predicted octanol–water partition coefficient (Wildman–Crippen LogP) is 4.44. The van der Waals surface area contributed by atoms with Crippen LogP contribution in [0.4, 0.5) is 4.79 Å². The Labute approximate surface area is 152 Å². The van der Waals surface area contributed by atoms with Gasteiger partial charge in [-0.1, -0.05) is 49.6 Å². The lowest BCUT2D eigenvalue weighted by atomic mass is 9.78. The Morgan fingerprint density at radius 2 is 1.76 bits per heavy atom. The number of benzene rings is 1. The molecule has 1 saturated carbocycles. The first-order chi connectivity index (χ1) is 11.9. The van der Waals surface area contributed by atoms with Gasteiger partial charge in [-0.15, -0.1) is 0 Å². The van der Waals surface area contributed by atoms with E-state index in [9.17, 15) is 4.79 Å².